The van der Waals surface area contributed by atoms with E-state index in [1.54, 1.807) is 36.4 Å². The first-order valence-electron chi connectivity index (χ1n) is 9.22. The summed E-state index contributed by atoms with van der Waals surface area (Å²) in [6.45, 7) is 0.285. The van der Waals surface area contributed by atoms with E-state index in [-0.39, 0.29) is 32.8 Å². The van der Waals surface area contributed by atoms with Crippen LogP contribution in [0.4, 0.5) is 24.5 Å². The average Bonchev–Trinajstić information content (AvgIpc) is 2.72. The number of benzene rings is 2. The van der Waals surface area contributed by atoms with E-state index in [4.69, 9.17) is 27.9 Å². The Hall–Kier alpha value is -2.65. The number of carbonyl (C=O) groups is 2. The van der Waals surface area contributed by atoms with Crippen molar-refractivity contribution in [3.8, 4) is 5.75 Å². The summed E-state index contributed by atoms with van der Waals surface area (Å²) >= 11 is 11.8. The van der Waals surface area contributed by atoms with Crippen LogP contribution in [-0.2, 0) is 9.59 Å². The van der Waals surface area contributed by atoms with Gasteiger partial charge in [-0.05, 0) is 42.5 Å². The third-order valence-corrected chi connectivity index (χ3v) is 5.11. The SMILES string of the molecule is O=C(COc1ccc(Cl)cc1Cl)Nc1ccc(N2CCN(C(=O)C(F)(F)F)CC2)cc1. The molecule has 1 aliphatic heterocycles. The Labute approximate surface area is 186 Å². The molecule has 166 valence electrons. The molecule has 1 aliphatic rings. The Bertz CT molecular complexity index is 947. The number of nitrogens with one attached hydrogen (secondary N) is 1. The first-order chi connectivity index (χ1) is 14.6. The van der Waals surface area contributed by atoms with Gasteiger partial charge >= 0.3 is 12.1 Å². The number of carbonyl (C=O) groups excluding carboxylic acids is 2. The van der Waals surface area contributed by atoms with Gasteiger partial charge in [0.1, 0.15) is 5.75 Å². The van der Waals surface area contributed by atoms with Gasteiger partial charge in [0.05, 0.1) is 5.02 Å². The lowest BCUT2D eigenvalue weighted by Crippen LogP contribution is -2.52. The molecular formula is C20H18Cl2F3N3O3. The molecule has 0 radical (unpaired) electrons. The molecule has 0 unspecified atom stereocenters. The largest absolute Gasteiger partial charge is 0.482 e. The van der Waals surface area contributed by atoms with Crippen molar-refractivity contribution in [2.45, 2.75) is 6.18 Å². The molecule has 2 aromatic carbocycles. The Morgan fingerprint density at radius 3 is 2.23 bits per heavy atom. The van der Waals surface area contributed by atoms with Gasteiger partial charge in [0.15, 0.2) is 6.61 Å². The number of rotatable bonds is 5. The molecule has 0 aromatic heterocycles. The molecule has 1 fully saturated rings. The Morgan fingerprint density at radius 1 is 1.00 bits per heavy atom. The van der Waals surface area contributed by atoms with Gasteiger partial charge < -0.3 is 19.9 Å². The fourth-order valence-electron chi connectivity index (χ4n) is 3.04. The predicted octanol–water partition coefficient (Wildman–Crippen LogP) is 4.22. The van der Waals surface area contributed by atoms with E-state index in [9.17, 15) is 22.8 Å². The Balaban J connectivity index is 1.49. The summed E-state index contributed by atoms with van der Waals surface area (Å²) in [4.78, 5) is 26.1. The molecule has 0 aliphatic carbocycles. The number of alkyl halides is 3. The summed E-state index contributed by atoms with van der Waals surface area (Å²) in [6.07, 6.45) is -4.86. The molecule has 1 heterocycles. The number of ether oxygens (including phenoxy) is 1. The summed E-state index contributed by atoms with van der Waals surface area (Å²) in [5.41, 5.74) is 1.31. The van der Waals surface area contributed by atoms with Crippen molar-refractivity contribution in [2.24, 2.45) is 0 Å². The second kappa shape index (κ2) is 9.65. The normalized spacial score (nSPS) is 14.4. The van der Waals surface area contributed by atoms with E-state index in [1.165, 1.54) is 6.07 Å². The molecule has 0 saturated carbocycles. The van der Waals surface area contributed by atoms with E-state index in [2.05, 4.69) is 5.32 Å². The molecular weight excluding hydrogens is 458 g/mol. The highest BCUT2D eigenvalue weighted by Gasteiger charge is 2.43. The molecule has 3 rings (SSSR count). The van der Waals surface area contributed by atoms with Gasteiger partial charge in [-0.3, -0.25) is 9.59 Å². The zero-order valence-corrected chi connectivity index (χ0v) is 17.6. The van der Waals surface area contributed by atoms with Gasteiger partial charge in [-0.1, -0.05) is 23.2 Å². The third-order valence-electron chi connectivity index (χ3n) is 4.58. The van der Waals surface area contributed by atoms with Gasteiger partial charge in [0.25, 0.3) is 5.91 Å². The maximum Gasteiger partial charge on any atom is 0.471 e. The van der Waals surface area contributed by atoms with Crippen LogP contribution >= 0.6 is 23.2 Å². The van der Waals surface area contributed by atoms with Crippen LogP contribution in [0.5, 0.6) is 5.75 Å². The predicted molar refractivity (Wildman–Crippen MR) is 112 cm³/mol. The zero-order valence-electron chi connectivity index (χ0n) is 16.1. The zero-order chi connectivity index (χ0) is 22.6. The minimum Gasteiger partial charge on any atom is -0.482 e. The molecule has 31 heavy (non-hydrogen) atoms. The minimum atomic E-state index is -4.86. The van der Waals surface area contributed by atoms with Crippen molar-refractivity contribution in [1.82, 2.24) is 4.90 Å². The lowest BCUT2D eigenvalue weighted by molar-refractivity contribution is -0.185. The maximum atomic E-state index is 12.5. The molecule has 2 aromatic rings. The fraction of sp³-hybridized carbons (Fsp3) is 0.300. The van der Waals surface area contributed by atoms with Crippen LogP contribution in [0.25, 0.3) is 0 Å². The first-order valence-corrected chi connectivity index (χ1v) is 9.98. The van der Waals surface area contributed by atoms with E-state index in [0.717, 1.165) is 10.6 Å². The van der Waals surface area contributed by atoms with Crippen LogP contribution in [0.2, 0.25) is 10.0 Å². The van der Waals surface area contributed by atoms with Crippen molar-refractivity contribution >= 4 is 46.4 Å². The van der Waals surface area contributed by atoms with E-state index in [1.807, 2.05) is 4.90 Å². The van der Waals surface area contributed by atoms with Crippen molar-refractivity contribution in [3.63, 3.8) is 0 Å². The molecule has 2 amide bonds. The highest BCUT2D eigenvalue weighted by Crippen LogP contribution is 2.27. The number of halogens is 5. The lowest BCUT2D eigenvalue weighted by Gasteiger charge is -2.36. The van der Waals surface area contributed by atoms with Crippen LogP contribution in [0.15, 0.2) is 42.5 Å². The maximum absolute atomic E-state index is 12.5. The molecule has 0 bridgehead atoms. The minimum absolute atomic E-state index is 0.0125. The third kappa shape index (κ3) is 6.18. The number of amides is 2. The van der Waals surface area contributed by atoms with Crippen molar-refractivity contribution in [2.75, 3.05) is 43.0 Å². The van der Waals surface area contributed by atoms with Crippen LogP contribution in [0.1, 0.15) is 0 Å². The summed E-state index contributed by atoms with van der Waals surface area (Å²) in [7, 11) is 0. The lowest BCUT2D eigenvalue weighted by atomic mass is 10.2. The molecule has 6 nitrogen and oxygen atoms in total. The van der Waals surface area contributed by atoms with Crippen molar-refractivity contribution in [3.05, 3.63) is 52.5 Å². The van der Waals surface area contributed by atoms with Gasteiger partial charge in [0.2, 0.25) is 0 Å². The van der Waals surface area contributed by atoms with Crippen LogP contribution in [-0.4, -0.2) is 55.7 Å². The second-order valence-corrected chi connectivity index (χ2v) is 7.58. The monoisotopic (exact) mass is 475 g/mol. The first kappa shape index (κ1) is 23.0. The smallest absolute Gasteiger partial charge is 0.471 e. The van der Waals surface area contributed by atoms with Gasteiger partial charge in [-0.25, -0.2) is 0 Å². The summed E-state index contributed by atoms with van der Waals surface area (Å²) < 4.78 is 43.0. The highest BCUT2D eigenvalue weighted by atomic mass is 35.5. The highest BCUT2D eigenvalue weighted by molar-refractivity contribution is 6.35. The summed E-state index contributed by atoms with van der Waals surface area (Å²) in [5, 5.41) is 3.43. The average molecular weight is 476 g/mol. The number of hydrogen-bond acceptors (Lipinski definition) is 4. The number of hydrogen-bond donors (Lipinski definition) is 1. The molecule has 1 saturated heterocycles. The summed E-state index contributed by atoms with van der Waals surface area (Å²) in [6, 6.07) is 11.5. The van der Waals surface area contributed by atoms with Crippen LogP contribution in [0.3, 0.4) is 0 Å². The Morgan fingerprint density at radius 2 is 1.65 bits per heavy atom. The van der Waals surface area contributed by atoms with Crippen LogP contribution < -0.4 is 15.0 Å². The van der Waals surface area contributed by atoms with Gasteiger partial charge in [0, 0.05) is 42.6 Å². The molecule has 11 heteroatoms. The standard InChI is InChI=1S/C20H18Cl2F3N3O3/c21-13-1-6-17(16(22)11-13)31-12-18(29)26-14-2-4-15(5-3-14)27-7-9-28(10-8-27)19(30)20(23,24)25/h1-6,11H,7-10,12H2,(H,26,29). The topological polar surface area (TPSA) is 61.9 Å². The molecule has 0 atom stereocenters. The van der Waals surface area contributed by atoms with Crippen molar-refractivity contribution < 1.29 is 27.5 Å². The quantitative estimate of drug-likeness (QED) is 0.702. The van der Waals surface area contributed by atoms with E-state index >= 15 is 0 Å². The number of piperazine rings is 1. The second-order valence-electron chi connectivity index (χ2n) is 6.74. The van der Waals surface area contributed by atoms with Gasteiger partial charge in [-0.15, -0.1) is 0 Å². The van der Waals surface area contributed by atoms with Crippen LogP contribution in [0, 0.1) is 0 Å². The fourth-order valence-corrected chi connectivity index (χ4v) is 3.50. The Kier molecular flexibility index (Phi) is 7.17. The molecule has 1 N–H and O–H groups in total. The summed E-state index contributed by atoms with van der Waals surface area (Å²) in [5.74, 6) is -1.87. The van der Waals surface area contributed by atoms with E-state index < -0.39 is 18.0 Å². The number of anilines is 2. The van der Waals surface area contributed by atoms with E-state index in [0.29, 0.717) is 21.5 Å². The van der Waals surface area contributed by atoms with Crippen molar-refractivity contribution in [1.29, 1.82) is 0 Å². The molecule has 0 spiro atoms. The number of nitrogens with zero attached hydrogens (tertiary/aromatic N) is 2. The van der Waals surface area contributed by atoms with Gasteiger partial charge in [-0.2, -0.15) is 13.2 Å².